The van der Waals surface area contributed by atoms with Crippen LogP contribution in [-0.2, 0) is 10.0 Å². The van der Waals surface area contributed by atoms with Gasteiger partial charge in [0.2, 0.25) is 10.0 Å². The van der Waals surface area contributed by atoms with Crippen LogP contribution in [-0.4, -0.2) is 14.2 Å². The second-order valence-corrected chi connectivity index (χ2v) is 7.79. The molecule has 0 bridgehead atoms. The standard InChI is InChI=1S/C12H16BrNO3S/c1-12(2,3)7-10(15)9-6-8(13)4-5-11(9)18(14,16)17/h4-6H,7H2,1-3H3,(H2,14,16,17). The van der Waals surface area contributed by atoms with Crippen LogP contribution < -0.4 is 5.14 Å². The maximum absolute atomic E-state index is 12.1. The third kappa shape index (κ3) is 4.19. The first-order valence-electron chi connectivity index (χ1n) is 5.36. The minimum Gasteiger partial charge on any atom is -0.294 e. The summed E-state index contributed by atoms with van der Waals surface area (Å²) in [5.41, 5.74) is -0.0727. The molecule has 0 aliphatic heterocycles. The largest absolute Gasteiger partial charge is 0.294 e. The molecule has 0 aliphatic carbocycles. The first-order chi connectivity index (χ1) is 8.00. The van der Waals surface area contributed by atoms with E-state index in [-0.39, 0.29) is 28.1 Å². The Balaban J connectivity index is 3.31. The Labute approximate surface area is 116 Å². The summed E-state index contributed by atoms with van der Waals surface area (Å²) in [6, 6.07) is 4.39. The molecule has 0 amide bonds. The lowest BCUT2D eigenvalue weighted by Gasteiger charge is -2.17. The molecule has 1 rings (SSSR count). The van der Waals surface area contributed by atoms with Crippen molar-refractivity contribution in [1.82, 2.24) is 0 Å². The zero-order valence-electron chi connectivity index (χ0n) is 10.5. The monoisotopic (exact) mass is 333 g/mol. The molecule has 18 heavy (non-hydrogen) atoms. The van der Waals surface area contributed by atoms with Crippen molar-refractivity contribution in [3.8, 4) is 0 Å². The Morgan fingerprint density at radius 3 is 2.33 bits per heavy atom. The SMILES string of the molecule is CC(C)(C)CC(=O)c1cc(Br)ccc1S(N)(=O)=O. The predicted molar refractivity (Wildman–Crippen MR) is 73.9 cm³/mol. The van der Waals surface area contributed by atoms with Crippen LogP contribution in [0.3, 0.4) is 0 Å². The van der Waals surface area contributed by atoms with Gasteiger partial charge in [-0.15, -0.1) is 0 Å². The van der Waals surface area contributed by atoms with Gasteiger partial charge in [-0.05, 0) is 23.6 Å². The number of Topliss-reactive ketones (excluding diaryl/α,β-unsaturated/α-hetero) is 1. The molecular weight excluding hydrogens is 318 g/mol. The van der Waals surface area contributed by atoms with Gasteiger partial charge in [-0.3, -0.25) is 4.79 Å². The summed E-state index contributed by atoms with van der Waals surface area (Å²) in [6.07, 6.45) is 0.256. The molecule has 0 unspecified atom stereocenters. The number of nitrogens with two attached hydrogens (primary N) is 1. The van der Waals surface area contributed by atoms with E-state index in [1.165, 1.54) is 12.1 Å². The minimum atomic E-state index is -3.89. The van der Waals surface area contributed by atoms with Crippen molar-refractivity contribution >= 4 is 31.7 Å². The molecule has 0 heterocycles. The highest BCUT2D eigenvalue weighted by atomic mass is 79.9. The van der Waals surface area contributed by atoms with E-state index in [9.17, 15) is 13.2 Å². The number of hydrogen-bond donors (Lipinski definition) is 1. The number of hydrogen-bond acceptors (Lipinski definition) is 3. The molecule has 2 N–H and O–H groups in total. The molecule has 0 saturated heterocycles. The Hall–Kier alpha value is -0.720. The van der Waals surface area contributed by atoms with Crippen LogP contribution in [0.4, 0.5) is 0 Å². The molecule has 0 radical (unpaired) electrons. The summed E-state index contributed by atoms with van der Waals surface area (Å²) < 4.78 is 23.5. The van der Waals surface area contributed by atoms with Gasteiger partial charge in [0.25, 0.3) is 0 Å². The van der Waals surface area contributed by atoms with Crippen molar-refractivity contribution in [2.24, 2.45) is 10.6 Å². The molecule has 6 heteroatoms. The predicted octanol–water partition coefficient (Wildman–Crippen LogP) is 2.72. The molecule has 0 fully saturated rings. The molecule has 0 spiro atoms. The molecular formula is C12H16BrNO3S. The van der Waals surface area contributed by atoms with Gasteiger partial charge in [0.05, 0.1) is 4.90 Å². The number of primary sulfonamides is 1. The highest BCUT2D eigenvalue weighted by Gasteiger charge is 2.23. The van der Waals surface area contributed by atoms with E-state index in [0.29, 0.717) is 4.47 Å². The van der Waals surface area contributed by atoms with Gasteiger partial charge in [0.1, 0.15) is 0 Å². The number of ketones is 1. The Morgan fingerprint density at radius 1 is 1.33 bits per heavy atom. The topological polar surface area (TPSA) is 77.2 Å². The third-order valence-electron chi connectivity index (χ3n) is 2.24. The molecule has 0 saturated carbocycles. The fourth-order valence-electron chi connectivity index (χ4n) is 1.55. The van der Waals surface area contributed by atoms with E-state index in [0.717, 1.165) is 0 Å². The van der Waals surface area contributed by atoms with Crippen LogP contribution in [0, 0.1) is 5.41 Å². The Morgan fingerprint density at radius 2 is 1.89 bits per heavy atom. The van der Waals surface area contributed by atoms with E-state index < -0.39 is 10.0 Å². The van der Waals surface area contributed by atoms with Crippen molar-refractivity contribution in [2.75, 3.05) is 0 Å². The van der Waals surface area contributed by atoms with E-state index in [2.05, 4.69) is 15.9 Å². The third-order valence-corrected chi connectivity index (χ3v) is 3.70. The number of halogens is 1. The minimum absolute atomic E-state index is 0.125. The number of sulfonamides is 1. The molecule has 0 aliphatic rings. The second-order valence-electron chi connectivity index (χ2n) is 5.35. The molecule has 1 aromatic carbocycles. The molecule has 0 aromatic heterocycles. The summed E-state index contributed by atoms with van der Waals surface area (Å²) >= 11 is 3.22. The van der Waals surface area contributed by atoms with E-state index in [1.807, 2.05) is 20.8 Å². The summed E-state index contributed by atoms with van der Waals surface area (Å²) in [7, 11) is -3.89. The van der Waals surface area contributed by atoms with Crippen LogP contribution in [0.2, 0.25) is 0 Å². The molecule has 4 nitrogen and oxygen atoms in total. The van der Waals surface area contributed by atoms with Gasteiger partial charge in [-0.25, -0.2) is 13.6 Å². The molecule has 100 valence electrons. The van der Waals surface area contributed by atoms with Crippen molar-refractivity contribution in [3.63, 3.8) is 0 Å². The first-order valence-corrected chi connectivity index (χ1v) is 7.70. The average Bonchev–Trinajstić information content (AvgIpc) is 2.12. The summed E-state index contributed by atoms with van der Waals surface area (Å²) in [5.74, 6) is -0.229. The van der Waals surface area contributed by atoms with Gasteiger partial charge in [0.15, 0.2) is 5.78 Å². The van der Waals surface area contributed by atoms with Crippen molar-refractivity contribution < 1.29 is 13.2 Å². The Bertz CT molecular complexity index is 573. The fraction of sp³-hybridized carbons (Fsp3) is 0.417. The van der Waals surface area contributed by atoms with Crippen LogP contribution in [0.15, 0.2) is 27.6 Å². The zero-order valence-corrected chi connectivity index (χ0v) is 12.9. The maximum atomic E-state index is 12.1. The summed E-state index contributed by atoms with van der Waals surface area (Å²) in [6.45, 7) is 5.75. The second kappa shape index (κ2) is 5.11. The van der Waals surface area contributed by atoms with Gasteiger partial charge in [-0.1, -0.05) is 36.7 Å². The van der Waals surface area contributed by atoms with Crippen molar-refractivity contribution in [3.05, 3.63) is 28.2 Å². The number of carbonyl (C=O) groups is 1. The van der Waals surface area contributed by atoms with E-state index in [4.69, 9.17) is 5.14 Å². The van der Waals surface area contributed by atoms with Gasteiger partial charge in [-0.2, -0.15) is 0 Å². The highest BCUT2D eigenvalue weighted by molar-refractivity contribution is 9.10. The highest BCUT2D eigenvalue weighted by Crippen LogP contribution is 2.26. The average molecular weight is 334 g/mol. The molecule has 1 aromatic rings. The van der Waals surface area contributed by atoms with Crippen LogP contribution >= 0.6 is 15.9 Å². The number of rotatable bonds is 3. The first kappa shape index (κ1) is 15.3. The van der Waals surface area contributed by atoms with Crippen molar-refractivity contribution in [2.45, 2.75) is 32.1 Å². The Kier molecular flexibility index (Phi) is 4.35. The summed E-state index contributed by atoms with van der Waals surface area (Å²) in [4.78, 5) is 12.0. The van der Waals surface area contributed by atoms with Crippen LogP contribution in [0.25, 0.3) is 0 Å². The molecule has 0 atom stereocenters. The fourth-order valence-corrected chi connectivity index (χ4v) is 2.64. The number of benzene rings is 1. The summed E-state index contributed by atoms with van der Waals surface area (Å²) in [5, 5.41) is 5.11. The quantitative estimate of drug-likeness (QED) is 0.864. The zero-order chi connectivity index (χ0) is 14.1. The van der Waals surface area contributed by atoms with Gasteiger partial charge < -0.3 is 0 Å². The smallest absolute Gasteiger partial charge is 0.238 e. The van der Waals surface area contributed by atoms with Crippen LogP contribution in [0.5, 0.6) is 0 Å². The van der Waals surface area contributed by atoms with Crippen LogP contribution in [0.1, 0.15) is 37.6 Å². The lowest BCUT2D eigenvalue weighted by atomic mass is 9.88. The normalized spacial score (nSPS) is 12.5. The van der Waals surface area contributed by atoms with Gasteiger partial charge in [0, 0.05) is 16.5 Å². The number of carbonyl (C=O) groups excluding carboxylic acids is 1. The van der Waals surface area contributed by atoms with E-state index in [1.54, 1.807) is 6.07 Å². The maximum Gasteiger partial charge on any atom is 0.238 e. The van der Waals surface area contributed by atoms with E-state index >= 15 is 0 Å². The lowest BCUT2D eigenvalue weighted by molar-refractivity contribution is 0.0936. The lowest BCUT2D eigenvalue weighted by Crippen LogP contribution is -2.19. The van der Waals surface area contributed by atoms with Crippen molar-refractivity contribution in [1.29, 1.82) is 0 Å². The van der Waals surface area contributed by atoms with Gasteiger partial charge >= 0.3 is 0 Å².